The first-order valence-corrected chi connectivity index (χ1v) is 6.65. The van der Waals surface area contributed by atoms with Gasteiger partial charge in [0.2, 0.25) is 0 Å². The van der Waals surface area contributed by atoms with Crippen molar-refractivity contribution in [3.63, 3.8) is 0 Å². The lowest BCUT2D eigenvalue weighted by molar-refractivity contribution is 0.0631. The van der Waals surface area contributed by atoms with E-state index in [-0.39, 0.29) is 30.7 Å². The Morgan fingerprint density at radius 3 is 2.45 bits per heavy atom. The molecule has 0 atom stereocenters. The van der Waals surface area contributed by atoms with Gasteiger partial charge >= 0.3 is 0 Å². The number of nitriles is 1. The van der Waals surface area contributed by atoms with Crippen LogP contribution < -0.4 is 4.74 Å². The van der Waals surface area contributed by atoms with Crippen molar-refractivity contribution in [1.29, 1.82) is 5.26 Å². The fraction of sp³-hybridized carbons (Fsp3) is 0.125. The van der Waals surface area contributed by atoms with Gasteiger partial charge in [0.25, 0.3) is 11.8 Å². The summed E-state index contributed by atoms with van der Waals surface area (Å²) in [5.74, 6) is -0.142. The highest BCUT2D eigenvalue weighted by molar-refractivity contribution is 6.21. The van der Waals surface area contributed by atoms with Crippen molar-refractivity contribution in [3.05, 3.63) is 59.4 Å². The van der Waals surface area contributed by atoms with E-state index in [4.69, 9.17) is 10.00 Å². The number of carbonyl (C=O) groups is 2. The molecule has 0 N–H and O–H groups in total. The predicted molar refractivity (Wildman–Crippen MR) is 76.3 cm³/mol. The molecule has 0 bridgehead atoms. The van der Waals surface area contributed by atoms with Gasteiger partial charge in [-0.25, -0.2) is 4.98 Å². The van der Waals surface area contributed by atoms with E-state index in [1.54, 1.807) is 30.3 Å². The van der Waals surface area contributed by atoms with Crippen LogP contribution in [0.5, 0.6) is 5.75 Å². The first-order chi connectivity index (χ1) is 10.7. The van der Waals surface area contributed by atoms with Crippen LogP contribution in [0.3, 0.4) is 0 Å². The van der Waals surface area contributed by atoms with E-state index >= 15 is 0 Å². The highest BCUT2D eigenvalue weighted by Crippen LogP contribution is 2.22. The summed E-state index contributed by atoms with van der Waals surface area (Å²) >= 11 is 0. The lowest BCUT2D eigenvalue weighted by atomic mass is 10.1. The van der Waals surface area contributed by atoms with Crippen LogP contribution in [0.25, 0.3) is 0 Å². The standard InChI is InChI=1S/C16H11N3O3/c17-10-11-9-12(5-6-18-11)22-8-7-19-15(20)13-3-1-2-4-14(13)16(19)21/h1-6,9H,7-8H2. The fourth-order valence-electron chi connectivity index (χ4n) is 2.26. The Morgan fingerprint density at radius 1 is 1.14 bits per heavy atom. The van der Waals surface area contributed by atoms with E-state index in [0.29, 0.717) is 16.9 Å². The zero-order chi connectivity index (χ0) is 15.5. The molecule has 6 heteroatoms. The second kappa shape index (κ2) is 5.66. The van der Waals surface area contributed by atoms with E-state index in [1.807, 2.05) is 6.07 Å². The van der Waals surface area contributed by atoms with E-state index in [1.165, 1.54) is 12.3 Å². The van der Waals surface area contributed by atoms with Crippen LogP contribution in [0.1, 0.15) is 26.4 Å². The monoisotopic (exact) mass is 293 g/mol. The number of hydrogen-bond donors (Lipinski definition) is 0. The number of carbonyl (C=O) groups excluding carboxylic acids is 2. The van der Waals surface area contributed by atoms with Crippen LogP contribution in [0.2, 0.25) is 0 Å². The van der Waals surface area contributed by atoms with Crippen molar-refractivity contribution >= 4 is 11.8 Å². The fourth-order valence-corrected chi connectivity index (χ4v) is 2.26. The molecule has 0 saturated heterocycles. The molecule has 1 aliphatic heterocycles. The minimum absolute atomic E-state index is 0.149. The molecule has 2 aromatic rings. The number of fused-ring (bicyclic) bond motifs is 1. The lowest BCUT2D eigenvalue weighted by Gasteiger charge is -2.14. The Morgan fingerprint density at radius 2 is 1.82 bits per heavy atom. The molecule has 0 unspecified atom stereocenters. The van der Waals surface area contributed by atoms with Gasteiger partial charge in [-0.3, -0.25) is 14.5 Å². The number of nitrogens with zero attached hydrogens (tertiary/aromatic N) is 3. The number of hydrogen-bond acceptors (Lipinski definition) is 5. The highest BCUT2D eigenvalue weighted by atomic mass is 16.5. The maximum atomic E-state index is 12.1. The maximum Gasteiger partial charge on any atom is 0.261 e. The summed E-state index contributed by atoms with van der Waals surface area (Å²) < 4.78 is 5.47. The summed E-state index contributed by atoms with van der Waals surface area (Å²) in [5, 5.41) is 8.76. The number of amides is 2. The van der Waals surface area contributed by atoms with Crippen LogP contribution in [0.4, 0.5) is 0 Å². The van der Waals surface area contributed by atoms with Gasteiger partial charge in [-0.05, 0) is 18.2 Å². The number of imide groups is 1. The Kier molecular flexibility index (Phi) is 3.54. The van der Waals surface area contributed by atoms with E-state index in [9.17, 15) is 9.59 Å². The molecule has 0 spiro atoms. The van der Waals surface area contributed by atoms with Crippen LogP contribution >= 0.6 is 0 Å². The van der Waals surface area contributed by atoms with Gasteiger partial charge in [-0.2, -0.15) is 5.26 Å². The number of pyridine rings is 1. The smallest absolute Gasteiger partial charge is 0.261 e. The van der Waals surface area contributed by atoms with Gasteiger partial charge in [0.05, 0.1) is 17.7 Å². The average Bonchev–Trinajstić information content (AvgIpc) is 2.80. The minimum atomic E-state index is -0.309. The number of rotatable bonds is 4. The predicted octanol–water partition coefficient (Wildman–Crippen LogP) is 1.63. The molecule has 0 saturated carbocycles. The Hall–Kier alpha value is -3.20. The molecule has 6 nitrogen and oxygen atoms in total. The minimum Gasteiger partial charge on any atom is -0.492 e. The molecule has 1 aromatic carbocycles. The third kappa shape index (κ3) is 2.40. The first kappa shape index (κ1) is 13.8. The maximum absolute atomic E-state index is 12.1. The molecule has 3 rings (SSSR count). The summed E-state index contributed by atoms with van der Waals surface area (Å²) in [5.41, 5.74) is 1.09. The van der Waals surface area contributed by atoms with Crippen molar-refractivity contribution < 1.29 is 14.3 Å². The quantitative estimate of drug-likeness (QED) is 0.800. The van der Waals surface area contributed by atoms with E-state index in [0.717, 1.165) is 4.90 Å². The molecule has 0 radical (unpaired) electrons. The van der Waals surface area contributed by atoms with E-state index < -0.39 is 0 Å². The third-order valence-corrected chi connectivity index (χ3v) is 3.31. The van der Waals surface area contributed by atoms with E-state index in [2.05, 4.69) is 4.98 Å². The third-order valence-electron chi connectivity index (χ3n) is 3.31. The Balaban J connectivity index is 1.65. The number of benzene rings is 1. The molecule has 22 heavy (non-hydrogen) atoms. The largest absolute Gasteiger partial charge is 0.492 e. The molecule has 1 aromatic heterocycles. The topological polar surface area (TPSA) is 83.3 Å². The average molecular weight is 293 g/mol. The van der Waals surface area contributed by atoms with Crippen molar-refractivity contribution in [1.82, 2.24) is 9.88 Å². The lowest BCUT2D eigenvalue weighted by Crippen LogP contribution is -2.33. The number of aromatic nitrogens is 1. The van der Waals surface area contributed by atoms with Crippen molar-refractivity contribution in [2.45, 2.75) is 0 Å². The Labute approximate surface area is 126 Å². The van der Waals surface area contributed by atoms with Gasteiger partial charge in [0.1, 0.15) is 24.1 Å². The molecule has 0 fully saturated rings. The van der Waals surface area contributed by atoms with Gasteiger partial charge in [-0.1, -0.05) is 12.1 Å². The zero-order valence-electron chi connectivity index (χ0n) is 11.5. The second-order valence-corrected chi connectivity index (χ2v) is 4.64. The molecule has 1 aliphatic rings. The molecule has 2 amide bonds. The first-order valence-electron chi connectivity index (χ1n) is 6.65. The molecule has 108 valence electrons. The molecular weight excluding hydrogens is 282 g/mol. The normalized spacial score (nSPS) is 13.0. The van der Waals surface area contributed by atoms with Crippen LogP contribution in [-0.2, 0) is 0 Å². The van der Waals surface area contributed by atoms with Gasteiger partial charge in [0.15, 0.2) is 0 Å². The summed E-state index contributed by atoms with van der Waals surface area (Å²) in [7, 11) is 0. The molecule has 2 heterocycles. The molecular formula is C16H11N3O3. The summed E-state index contributed by atoms with van der Waals surface area (Å²) in [6.45, 7) is 0.302. The van der Waals surface area contributed by atoms with Crippen molar-refractivity contribution in [3.8, 4) is 11.8 Å². The highest BCUT2D eigenvalue weighted by Gasteiger charge is 2.34. The van der Waals surface area contributed by atoms with Gasteiger partial charge < -0.3 is 4.74 Å². The number of ether oxygens (including phenoxy) is 1. The second-order valence-electron chi connectivity index (χ2n) is 4.64. The van der Waals surface area contributed by atoms with Gasteiger partial charge in [-0.15, -0.1) is 0 Å². The van der Waals surface area contributed by atoms with Gasteiger partial charge in [0, 0.05) is 12.3 Å². The molecule has 0 aliphatic carbocycles. The van der Waals surface area contributed by atoms with Crippen molar-refractivity contribution in [2.24, 2.45) is 0 Å². The van der Waals surface area contributed by atoms with Crippen LogP contribution in [0.15, 0.2) is 42.6 Å². The summed E-state index contributed by atoms with van der Waals surface area (Å²) in [6.07, 6.45) is 1.47. The van der Waals surface area contributed by atoms with Crippen LogP contribution in [0, 0.1) is 11.3 Å². The summed E-state index contributed by atoms with van der Waals surface area (Å²) in [4.78, 5) is 29.3. The van der Waals surface area contributed by atoms with Crippen LogP contribution in [-0.4, -0.2) is 34.8 Å². The van der Waals surface area contributed by atoms with Crippen molar-refractivity contribution in [2.75, 3.05) is 13.2 Å². The summed E-state index contributed by atoms with van der Waals surface area (Å²) in [6, 6.07) is 11.8. The zero-order valence-corrected chi connectivity index (χ0v) is 11.5. The SMILES string of the molecule is N#Cc1cc(OCCN2C(=O)c3ccccc3C2=O)ccn1. The Bertz CT molecular complexity index is 760.